The van der Waals surface area contributed by atoms with Crippen LogP contribution in [0.25, 0.3) is 10.9 Å². The van der Waals surface area contributed by atoms with Gasteiger partial charge >= 0.3 is 0 Å². The van der Waals surface area contributed by atoms with Gasteiger partial charge in [0.2, 0.25) is 5.91 Å². The predicted molar refractivity (Wildman–Crippen MR) is 146 cm³/mol. The topological polar surface area (TPSA) is 94.6 Å². The van der Waals surface area contributed by atoms with Crippen LogP contribution < -0.4 is 14.2 Å². The smallest absolute Gasteiger partial charge is 0.264 e. The standard InChI is InChI=1S/C30H30N2O5S/c1-5-37-22-13-11-21(12-14-22)25-18-30(25,24-17-19(2)9-16-27(24)36-4)29(33)32-38(34,35)28-8-6-7-26-23(28)15-10-20(3)31-26/h6-17,25H,5,18H2,1-4H3,(H,32,33)/t25-,30-/m0/s1. The van der Waals surface area contributed by atoms with Crippen molar-refractivity contribution in [1.29, 1.82) is 0 Å². The number of amides is 1. The van der Waals surface area contributed by atoms with Crippen LogP contribution in [0.4, 0.5) is 0 Å². The van der Waals surface area contributed by atoms with Gasteiger partial charge < -0.3 is 9.47 Å². The van der Waals surface area contributed by atoms with E-state index in [1.807, 2.05) is 63.2 Å². The first-order chi connectivity index (χ1) is 18.2. The zero-order valence-electron chi connectivity index (χ0n) is 21.8. The molecule has 0 radical (unpaired) electrons. The summed E-state index contributed by atoms with van der Waals surface area (Å²) < 4.78 is 40.9. The van der Waals surface area contributed by atoms with Gasteiger partial charge in [0.25, 0.3) is 10.0 Å². The molecule has 1 heterocycles. The van der Waals surface area contributed by atoms with E-state index in [4.69, 9.17) is 9.47 Å². The van der Waals surface area contributed by atoms with Gasteiger partial charge in [0, 0.05) is 22.6 Å². The third-order valence-corrected chi connectivity index (χ3v) is 8.53. The van der Waals surface area contributed by atoms with E-state index in [1.165, 1.54) is 6.07 Å². The lowest BCUT2D eigenvalue weighted by Gasteiger charge is -2.22. The summed E-state index contributed by atoms with van der Waals surface area (Å²) in [5, 5.41) is 0.458. The van der Waals surface area contributed by atoms with E-state index in [9.17, 15) is 13.2 Å². The highest BCUT2D eigenvalue weighted by atomic mass is 32.2. The average molecular weight is 531 g/mol. The maximum Gasteiger partial charge on any atom is 0.264 e. The highest BCUT2D eigenvalue weighted by Gasteiger charge is 2.63. The normalized spacial score (nSPS) is 18.7. The lowest BCUT2D eigenvalue weighted by molar-refractivity contribution is -0.122. The molecule has 8 heteroatoms. The van der Waals surface area contributed by atoms with Crippen molar-refractivity contribution in [2.75, 3.05) is 13.7 Å². The number of ether oxygens (including phenoxy) is 2. The minimum atomic E-state index is -4.20. The summed E-state index contributed by atoms with van der Waals surface area (Å²) in [4.78, 5) is 18.5. The second kappa shape index (κ2) is 9.76. The number of nitrogens with zero attached hydrogens (tertiary/aromatic N) is 1. The van der Waals surface area contributed by atoms with Gasteiger partial charge in [-0.15, -0.1) is 0 Å². The molecule has 196 valence electrons. The van der Waals surface area contributed by atoms with Crippen LogP contribution in [-0.4, -0.2) is 33.0 Å². The molecular weight excluding hydrogens is 500 g/mol. The van der Waals surface area contributed by atoms with Crippen LogP contribution in [0.2, 0.25) is 0 Å². The van der Waals surface area contributed by atoms with Crippen molar-refractivity contribution in [2.45, 2.75) is 43.4 Å². The van der Waals surface area contributed by atoms with Crippen LogP contribution >= 0.6 is 0 Å². The van der Waals surface area contributed by atoms with Crippen molar-refractivity contribution in [3.63, 3.8) is 0 Å². The second-order valence-electron chi connectivity index (χ2n) is 9.64. The molecule has 1 aliphatic carbocycles. The van der Waals surface area contributed by atoms with Gasteiger partial charge in [-0.05, 0) is 75.2 Å². The number of aryl methyl sites for hydroxylation is 2. The van der Waals surface area contributed by atoms with E-state index >= 15 is 0 Å². The molecule has 4 aromatic rings. The van der Waals surface area contributed by atoms with Gasteiger partial charge in [0.15, 0.2) is 0 Å². The number of hydrogen-bond donors (Lipinski definition) is 1. The molecule has 1 aliphatic rings. The van der Waals surface area contributed by atoms with Crippen molar-refractivity contribution in [1.82, 2.24) is 9.71 Å². The van der Waals surface area contributed by atoms with E-state index in [1.54, 1.807) is 31.4 Å². The number of hydrogen-bond acceptors (Lipinski definition) is 6. The number of fused-ring (bicyclic) bond motifs is 1. The summed E-state index contributed by atoms with van der Waals surface area (Å²) in [6, 6.07) is 21.6. The average Bonchev–Trinajstić information content (AvgIpc) is 3.65. The van der Waals surface area contributed by atoms with Crippen LogP contribution in [0.5, 0.6) is 11.5 Å². The number of rotatable bonds is 8. The van der Waals surface area contributed by atoms with Gasteiger partial charge in [0.05, 0.1) is 29.5 Å². The predicted octanol–water partition coefficient (Wildman–Crippen LogP) is 5.19. The van der Waals surface area contributed by atoms with Crippen molar-refractivity contribution in [3.05, 3.63) is 95.2 Å². The number of sulfonamides is 1. The monoisotopic (exact) mass is 530 g/mol. The van der Waals surface area contributed by atoms with Gasteiger partial charge in [-0.2, -0.15) is 0 Å². The SMILES string of the molecule is CCOc1ccc([C@@H]2C[C@]2(C(=O)NS(=O)(=O)c2cccc3nc(C)ccc23)c2cc(C)ccc2OC)cc1. The zero-order chi connectivity index (χ0) is 27.1. The molecule has 0 spiro atoms. The van der Waals surface area contributed by atoms with Crippen LogP contribution in [0.15, 0.2) is 77.7 Å². The molecule has 0 aliphatic heterocycles. The highest BCUT2D eigenvalue weighted by Crippen LogP contribution is 2.62. The van der Waals surface area contributed by atoms with Crippen LogP contribution in [0.1, 0.15) is 41.6 Å². The lowest BCUT2D eigenvalue weighted by atomic mass is 9.88. The minimum absolute atomic E-state index is 0.0143. The minimum Gasteiger partial charge on any atom is -0.496 e. The summed E-state index contributed by atoms with van der Waals surface area (Å²) in [7, 11) is -2.65. The number of pyridine rings is 1. The van der Waals surface area contributed by atoms with Crippen LogP contribution in [0.3, 0.4) is 0 Å². The van der Waals surface area contributed by atoms with Crippen molar-refractivity contribution < 1.29 is 22.7 Å². The largest absolute Gasteiger partial charge is 0.496 e. The fraction of sp³-hybridized carbons (Fsp3) is 0.267. The molecule has 0 unspecified atom stereocenters. The Balaban J connectivity index is 1.57. The Bertz CT molecular complexity index is 1630. The zero-order valence-corrected chi connectivity index (χ0v) is 22.6. The summed E-state index contributed by atoms with van der Waals surface area (Å²) in [6.07, 6.45) is 0.443. The Kier molecular flexibility index (Phi) is 6.61. The Morgan fingerprint density at radius 2 is 1.82 bits per heavy atom. The molecule has 38 heavy (non-hydrogen) atoms. The Morgan fingerprint density at radius 1 is 1.05 bits per heavy atom. The van der Waals surface area contributed by atoms with E-state index < -0.39 is 21.3 Å². The summed E-state index contributed by atoms with van der Waals surface area (Å²) in [6.45, 7) is 6.25. The summed E-state index contributed by atoms with van der Waals surface area (Å²) in [5.74, 6) is 0.460. The number of nitrogens with one attached hydrogen (secondary N) is 1. The van der Waals surface area contributed by atoms with E-state index in [-0.39, 0.29) is 10.8 Å². The van der Waals surface area contributed by atoms with Gasteiger partial charge in [-0.3, -0.25) is 9.78 Å². The van der Waals surface area contributed by atoms with Gasteiger partial charge in [0.1, 0.15) is 11.5 Å². The van der Waals surface area contributed by atoms with Gasteiger partial charge in [-0.1, -0.05) is 35.9 Å². The number of aromatic nitrogens is 1. The Hall–Kier alpha value is -3.91. The van der Waals surface area contributed by atoms with Crippen LogP contribution in [-0.2, 0) is 20.2 Å². The first kappa shape index (κ1) is 25.7. The van der Waals surface area contributed by atoms with E-state index in [0.29, 0.717) is 35.2 Å². The maximum atomic E-state index is 14.1. The molecule has 1 saturated carbocycles. The van der Waals surface area contributed by atoms with Crippen LogP contribution in [0, 0.1) is 13.8 Å². The maximum absolute atomic E-state index is 14.1. The fourth-order valence-electron chi connectivity index (χ4n) is 5.20. The third-order valence-electron chi connectivity index (χ3n) is 7.14. The molecule has 2 atom stereocenters. The highest BCUT2D eigenvalue weighted by molar-refractivity contribution is 7.90. The molecule has 1 amide bonds. The van der Waals surface area contributed by atoms with Gasteiger partial charge in [-0.25, -0.2) is 13.1 Å². The molecular formula is C30H30N2O5S. The molecule has 0 saturated heterocycles. The van der Waals surface area contributed by atoms with Crippen molar-refractivity contribution in [2.24, 2.45) is 0 Å². The second-order valence-corrected chi connectivity index (χ2v) is 11.3. The number of benzene rings is 3. The molecule has 0 bridgehead atoms. The molecule has 1 N–H and O–H groups in total. The molecule has 1 fully saturated rings. The quantitative estimate of drug-likeness (QED) is 0.337. The Labute approximate surface area is 222 Å². The van der Waals surface area contributed by atoms with Crippen molar-refractivity contribution in [3.8, 4) is 11.5 Å². The Morgan fingerprint density at radius 3 is 2.53 bits per heavy atom. The molecule has 7 nitrogen and oxygen atoms in total. The van der Waals surface area contributed by atoms with Crippen molar-refractivity contribution >= 4 is 26.8 Å². The summed E-state index contributed by atoms with van der Waals surface area (Å²) >= 11 is 0. The molecule has 1 aromatic heterocycles. The fourth-order valence-corrected chi connectivity index (χ4v) is 6.46. The number of methoxy groups -OCH3 is 1. The molecule has 3 aromatic carbocycles. The molecule has 5 rings (SSSR count). The first-order valence-corrected chi connectivity index (χ1v) is 14.0. The van der Waals surface area contributed by atoms with E-state index in [0.717, 1.165) is 22.6 Å². The summed E-state index contributed by atoms with van der Waals surface area (Å²) in [5.41, 5.74) is 2.75. The lowest BCUT2D eigenvalue weighted by Crippen LogP contribution is -2.40. The number of carbonyl (C=O) groups excluding carboxylic acids is 1. The number of carbonyl (C=O) groups is 1. The van der Waals surface area contributed by atoms with E-state index in [2.05, 4.69) is 9.71 Å². The first-order valence-electron chi connectivity index (χ1n) is 12.5. The third kappa shape index (κ3) is 4.49.